The minimum atomic E-state index is -0.765. The van der Waals surface area contributed by atoms with Gasteiger partial charge in [0.25, 0.3) is 0 Å². The fourth-order valence-corrected chi connectivity index (χ4v) is 2.16. The first-order valence-electron chi connectivity index (χ1n) is 7.72. The number of hydrazine groups is 1. The maximum atomic E-state index is 12.5. The van der Waals surface area contributed by atoms with Gasteiger partial charge in [-0.2, -0.15) is 5.01 Å². The Balaban J connectivity index is 2.37. The summed E-state index contributed by atoms with van der Waals surface area (Å²) in [4.78, 5) is 36.2. The van der Waals surface area contributed by atoms with Gasteiger partial charge in [-0.15, -0.1) is 0 Å². The molecule has 130 valence electrons. The van der Waals surface area contributed by atoms with Crippen LogP contribution in [0.5, 0.6) is 0 Å². The molecule has 1 saturated carbocycles. The number of carbonyl (C=O) groups is 3. The summed E-state index contributed by atoms with van der Waals surface area (Å²) in [5.41, 5.74) is 2.38. The minimum absolute atomic E-state index is 0.107. The van der Waals surface area contributed by atoms with E-state index in [1.807, 2.05) is 0 Å². The first kappa shape index (κ1) is 18.3. The number of Topliss-reactive ketones (excluding diaryl/α,β-unsaturated/α-hetero) is 1. The van der Waals surface area contributed by atoms with Gasteiger partial charge in [0.15, 0.2) is 5.78 Å². The predicted molar refractivity (Wildman–Crippen MR) is 91.0 cm³/mol. The molecular weight excluding hydrogens is 332 g/mol. The second-order valence-corrected chi connectivity index (χ2v) is 7.20. The normalized spacial score (nSPS) is 14.0. The van der Waals surface area contributed by atoms with E-state index in [-0.39, 0.29) is 28.3 Å². The molecule has 0 unspecified atom stereocenters. The van der Waals surface area contributed by atoms with E-state index in [1.54, 1.807) is 26.8 Å². The van der Waals surface area contributed by atoms with E-state index >= 15 is 0 Å². The number of carbonyl (C=O) groups excluding carboxylic acids is 3. The standard InChI is InChI=1S/C17H21ClN2O4/c1-10(21)12-7-8-13(18)14(9-12)20(16(23)24-17(2,3)4)19-15(22)11-5-6-11/h7-9,11H,5-6H2,1-4H3,(H,19,22). The molecular formula is C17H21ClN2O4. The van der Waals surface area contributed by atoms with Crippen LogP contribution in [0.15, 0.2) is 18.2 Å². The number of nitrogens with one attached hydrogen (secondary N) is 1. The van der Waals surface area contributed by atoms with E-state index in [0.717, 1.165) is 17.9 Å². The lowest BCUT2D eigenvalue weighted by Crippen LogP contribution is -2.49. The fourth-order valence-electron chi connectivity index (χ4n) is 1.96. The van der Waals surface area contributed by atoms with Crippen LogP contribution in [0.25, 0.3) is 0 Å². The van der Waals surface area contributed by atoms with Crippen LogP contribution < -0.4 is 10.4 Å². The number of halogens is 1. The largest absolute Gasteiger partial charge is 0.442 e. The molecule has 1 N–H and O–H groups in total. The number of hydrogen-bond acceptors (Lipinski definition) is 4. The highest BCUT2D eigenvalue weighted by Gasteiger charge is 2.34. The maximum Gasteiger partial charge on any atom is 0.434 e. The molecule has 0 aromatic heterocycles. The van der Waals surface area contributed by atoms with Gasteiger partial charge in [-0.3, -0.25) is 15.0 Å². The molecule has 1 fully saturated rings. The topological polar surface area (TPSA) is 75.7 Å². The van der Waals surface area contributed by atoms with Crippen molar-refractivity contribution in [3.8, 4) is 0 Å². The van der Waals surface area contributed by atoms with Crippen molar-refractivity contribution in [3.63, 3.8) is 0 Å². The van der Waals surface area contributed by atoms with Gasteiger partial charge in [-0.1, -0.05) is 11.6 Å². The molecule has 0 aliphatic heterocycles. The summed E-state index contributed by atoms with van der Waals surface area (Å²) in [5, 5.41) is 1.20. The molecule has 1 aliphatic rings. The Bertz CT molecular complexity index is 678. The molecule has 0 radical (unpaired) electrons. The lowest BCUT2D eigenvalue weighted by Gasteiger charge is -2.28. The summed E-state index contributed by atoms with van der Waals surface area (Å²) in [6, 6.07) is 4.53. The fraction of sp³-hybridized carbons (Fsp3) is 0.471. The SMILES string of the molecule is CC(=O)c1ccc(Cl)c(N(NC(=O)C2CC2)C(=O)OC(C)(C)C)c1. The van der Waals surface area contributed by atoms with Gasteiger partial charge in [0, 0.05) is 11.5 Å². The van der Waals surface area contributed by atoms with Crippen LogP contribution in [0.4, 0.5) is 10.5 Å². The molecule has 1 aromatic rings. The van der Waals surface area contributed by atoms with Crippen LogP contribution in [0, 0.1) is 5.92 Å². The van der Waals surface area contributed by atoms with Gasteiger partial charge < -0.3 is 4.74 Å². The van der Waals surface area contributed by atoms with Gasteiger partial charge in [-0.05, 0) is 58.7 Å². The van der Waals surface area contributed by atoms with Crippen LogP contribution in [0.3, 0.4) is 0 Å². The Kier molecular flexibility index (Phi) is 5.18. The number of amides is 2. The van der Waals surface area contributed by atoms with Gasteiger partial charge in [-0.25, -0.2) is 4.79 Å². The molecule has 0 spiro atoms. The third kappa shape index (κ3) is 4.71. The molecule has 6 nitrogen and oxygen atoms in total. The Labute approximate surface area is 146 Å². The molecule has 2 amide bonds. The lowest BCUT2D eigenvalue weighted by molar-refractivity contribution is -0.122. The summed E-state index contributed by atoms with van der Waals surface area (Å²) in [7, 11) is 0. The highest BCUT2D eigenvalue weighted by molar-refractivity contribution is 6.34. The van der Waals surface area contributed by atoms with Crippen molar-refractivity contribution in [1.29, 1.82) is 0 Å². The van der Waals surface area contributed by atoms with Crippen LogP contribution in [-0.2, 0) is 9.53 Å². The van der Waals surface area contributed by atoms with E-state index in [2.05, 4.69) is 5.43 Å². The van der Waals surface area contributed by atoms with Gasteiger partial charge >= 0.3 is 6.09 Å². The van der Waals surface area contributed by atoms with Crippen LogP contribution >= 0.6 is 11.6 Å². The molecule has 7 heteroatoms. The monoisotopic (exact) mass is 352 g/mol. The molecule has 1 aromatic carbocycles. The summed E-state index contributed by atoms with van der Waals surface area (Å²) < 4.78 is 5.34. The summed E-state index contributed by atoms with van der Waals surface area (Å²) in [6.45, 7) is 6.58. The average Bonchev–Trinajstić information content (AvgIpc) is 3.27. The van der Waals surface area contributed by atoms with E-state index in [9.17, 15) is 14.4 Å². The molecule has 0 bridgehead atoms. The Morgan fingerprint density at radius 1 is 1.25 bits per heavy atom. The second kappa shape index (κ2) is 6.81. The number of hydrogen-bond donors (Lipinski definition) is 1. The van der Waals surface area contributed by atoms with Crippen LogP contribution in [0.2, 0.25) is 5.02 Å². The molecule has 0 saturated heterocycles. The van der Waals surface area contributed by atoms with E-state index in [4.69, 9.17) is 16.3 Å². The van der Waals surface area contributed by atoms with Crippen molar-refractivity contribution in [2.24, 2.45) is 5.92 Å². The van der Waals surface area contributed by atoms with Gasteiger partial charge in [0.05, 0.1) is 10.7 Å². The number of anilines is 1. The van der Waals surface area contributed by atoms with Crippen molar-refractivity contribution in [2.45, 2.75) is 46.1 Å². The highest BCUT2D eigenvalue weighted by Crippen LogP contribution is 2.31. The molecule has 0 atom stereocenters. The third-order valence-corrected chi connectivity index (χ3v) is 3.66. The van der Waals surface area contributed by atoms with Crippen molar-refractivity contribution >= 4 is 35.1 Å². The summed E-state index contributed by atoms with van der Waals surface area (Å²) in [5.74, 6) is -0.555. The zero-order valence-corrected chi connectivity index (χ0v) is 14.9. The van der Waals surface area contributed by atoms with Gasteiger partial charge in [0.2, 0.25) is 5.91 Å². The molecule has 2 rings (SSSR count). The second-order valence-electron chi connectivity index (χ2n) is 6.79. The number of ketones is 1. The first-order chi connectivity index (χ1) is 11.1. The molecule has 24 heavy (non-hydrogen) atoms. The zero-order valence-electron chi connectivity index (χ0n) is 14.2. The van der Waals surface area contributed by atoms with Crippen molar-refractivity contribution < 1.29 is 19.1 Å². The third-order valence-electron chi connectivity index (χ3n) is 3.34. The number of nitrogens with zero attached hydrogens (tertiary/aromatic N) is 1. The molecule has 1 aliphatic carbocycles. The predicted octanol–water partition coefficient (Wildman–Crippen LogP) is 3.73. The van der Waals surface area contributed by atoms with E-state index in [1.165, 1.54) is 19.1 Å². The number of rotatable bonds is 3. The maximum absolute atomic E-state index is 12.5. The Hall–Kier alpha value is -2.08. The Morgan fingerprint density at radius 3 is 2.38 bits per heavy atom. The average molecular weight is 353 g/mol. The van der Waals surface area contributed by atoms with Crippen LogP contribution in [0.1, 0.15) is 50.9 Å². The lowest BCUT2D eigenvalue weighted by atomic mass is 10.1. The minimum Gasteiger partial charge on any atom is -0.442 e. The number of ether oxygens (including phenoxy) is 1. The van der Waals surface area contributed by atoms with Gasteiger partial charge in [0.1, 0.15) is 5.60 Å². The molecule has 0 heterocycles. The van der Waals surface area contributed by atoms with Crippen LogP contribution in [-0.4, -0.2) is 23.4 Å². The van der Waals surface area contributed by atoms with E-state index in [0.29, 0.717) is 5.56 Å². The van der Waals surface area contributed by atoms with Crippen molar-refractivity contribution in [1.82, 2.24) is 5.43 Å². The van der Waals surface area contributed by atoms with Crippen molar-refractivity contribution in [2.75, 3.05) is 5.01 Å². The quantitative estimate of drug-likeness (QED) is 0.664. The summed E-state index contributed by atoms with van der Waals surface area (Å²) >= 11 is 6.18. The smallest absolute Gasteiger partial charge is 0.434 e. The first-order valence-corrected chi connectivity index (χ1v) is 8.10. The highest BCUT2D eigenvalue weighted by atomic mass is 35.5. The van der Waals surface area contributed by atoms with Crippen molar-refractivity contribution in [3.05, 3.63) is 28.8 Å². The summed E-state index contributed by atoms with van der Waals surface area (Å²) in [6.07, 6.45) is 0.809. The Morgan fingerprint density at radius 2 is 1.88 bits per heavy atom. The number of benzene rings is 1. The van der Waals surface area contributed by atoms with E-state index < -0.39 is 11.7 Å². The zero-order chi connectivity index (χ0) is 18.1.